The Balaban J connectivity index is 2.45. The first-order valence-corrected chi connectivity index (χ1v) is 7.23. The number of halogens is 3. The van der Waals surface area contributed by atoms with Crippen molar-refractivity contribution >= 4 is 39.2 Å². The summed E-state index contributed by atoms with van der Waals surface area (Å²) in [6, 6.07) is 11.0. The molecule has 1 atom stereocenters. The van der Waals surface area contributed by atoms with Crippen molar-refractivity contribution in [1.82, 2.24) is 0 Å². The van der Waals surface area contributed by atoms with Gasteiger partial charge in [0.1, 0.15) is 5.82 Å². The van der Waals surface area contributed by atoms with E-state index in [2.05, 4.69) is 21.2 Å². The van der Waals surface area contributed by atoms with Gasteiger partial charge < -0.3 is 10.4 Å². The van der Waals surface area contributed by atoms with Crippen LogP contribution in [0.5, 0.6) is 0 Å². The number of carboxylic acid groups (broad SMARTS) is 1. The van der Waals surface area contributed by atoms with Gasteiger partial charge in [0.2, 0.25) is 0 Å². The van der Waals surface area contributed by atoms with Crippen LogP contribution < -0.4 is 5.32 Å². The van der Waals surface area contributed by atoms with Gasteiger partial charge in [-0.15, -0.1) is 0 Å². The van der Waals surface area contributed by atoms with Gasteiger partial charge in [0.25, 0.3) is 0 Å². The molecule has 110 valence electrons. The quantitative estimate of drug-likeness (QED) is 0.821. The van der Waals surface area contributed by atoms with Crippen LogP contribution in [0.15, 0.2) is 46.9 Å². The zero-order valence-corrected chi connectivity index (χ0v) is 13.4. The molecule has 0 saturated carbocycles. The number of carbonyl (C=O) groups is 1. The van der Waals surface area contributed by atoms with Crippen molar-refractivity contribution < 1.29 is 14.3 Å². The molecule has 2 rings (SSSR count). The smallest absolute Gasteiger partial charge is 0.333 e. The molecule has 2 N–H and O–H groups in total. The fourth-order valence-corrected chi connectivity index (χ4v) is 2.49. The second kappa shape index (κ2) is 6.03. The van der Waals surface area contributed by atoms with Crippen LogP contribution in [-0.2, 0) is 10.3 Å². The lowest BCUT2D eigenvalue weighted by Gasteiger charge is -2.28. The van der Waals surface area contributed by atoms with Crippen LogP contribution in [0.4, 0.5) is 10.1 Å². The fourth-order valence-electron chi connectivity index (χ4n) is 1.91. The minimum absolute atomic E-state index is 0.115. The Hall–Kier alpha value is -1.59. The van der Waals surface area contributed by atoms with Crippen LogP contribution in [0, 0.1) is 5.82 Å². The molecule has 0 saturated heterocycles. The number of aliphatic carboxylic acids is 1. The SMILES string of the molecule is CC(Nc1cccc(Br)c1)(C(=O)O)c1ccc(F)c(Cl)c1. The van der Waals surface area contributed by atoms with Crippen molar-refractivity contribution in [2.45, 2.75) is 12.5 Å². The van der Waals surface area contributed by atoms with Gasteiger partial charge in [-0.25, -0.2) is 9.18 Å². The van der Waals surface area contributed by atoms with Crippen molar-refractivity contribution in [3.8, 4) is 0 Å². The number of hydrogen-bond acceptors (Lipinski definition) is 2. The summed E-state index contributed by atoms with van der Waals surface area (Å²) in [4.78, 5) is 11.7. The van der Waals surface area contributed by atoms with Crippen molar-refractivity contribution in [3.63, 3.8) is 0 Å². The summed E-state index contributed by atoms with van der Waals surface area (Å²) in [5.74, 6) is -1.68. The van der Waals surface area contributed by atoms with Gasteiger partial charge in [-0.3, -0.25) is 0 Å². The van der Waals surface area contributed by atoms with Crippen LogP contribution in [-0.4, -0.2) is 11.1 Å². The summed E-state index contributed by atoms with van der Waals surface area (Å²) in [6.45, 7) is 1.50. The van der Waals surface area contributed by atoms with Crippen molar-refractivity contribution in [2.24, 2.45) is 0 Å². The average Bonchev–Trinajstić information content (AvgIpc) is 2.41. The number of carboxylic acids is 1. The van der Waals surface area contributed by atoms with Crippen molar-refractivity contribution in [1.29, 1.82) is 0 Å². The Morgan fingerprint density at radius 2 is 2.05 bits per heavy atom. The van der Waals surface area contributed by atoms with Crippen LogP contribution in [0.2, 0.25) is 5.02 Å². The lowest BCUT2D eigenvalue weighted by atomic mass is 9.91. The third-order valence-electron chi connectivity index (χ3n) is 3.14. The van der Waals surface area contributed by atoms with E-state index in [1.807, 2.05) is 6.07 Å². The van der Waals surface area contributed by atoms with Crippen LogP contribution in [0.3, 0.4) is 0 Å². The third-order valence-corrected chi connectivity index (χ3v) is 3.93. The Morgan fingerprint density at radius 3 is 2.62 bits per heavy atom. The molecule has 0 fully saturated rings. The highest BCUT2D eigenvalue weighted by Gasteiger charge is 2.35. The van der Waals surface area contributed by atoms with Gasteiger partial charge in [-0.2, -0.15) is 0 Å². The van der Waals surface area contributed by atoms with Crippen LogP contribution in [0.1, 0.15) is 12.5 Å². The summed E-state index contributed by atoms with van der Waals surface area (Å²) < 4.78 is 14.1. The molecule has 0 spiro atoms. The Labute approximate surface area is 134 Å². The molecule has 0 aliphatic heterocycles. The van der Waals surface area contributed by atoms with Gasteiger partial charge in [0, 0.05) is 10.2 Å². The number of rotatable bonds is 4. The van der Waals surface area contributed by atoms with E-state index in [4.69, 9.17) is 11.6 Å². The summed E-state index contributed by atoms with van der Waals surface area (Å²) in [5.41, 5.74) is -0.450. The van der Waals surface area contributed by atoms with Crippen molar-refractivity contribution in [3.05, 3.63) is 63.3 Å². The zero-order valence-electron chi connectivity index (χ0n) is 11.0. The largest absolute Gasteiger partial charge is 0.479 e. The summed E-state index contributed by atoms with van der Waals surface area (Å²) >= 11 is 9.08. The Morgan fingerprint density at radius 1 is 1.33 bits per heavy atom. The predicted molar refractivity (Wildman–Crippen MR) is 84.2 cm³/mol. The second-order valence-electron chi connectivity index (χ2n) is 4.69. The first-order chi connectivity index (χ1) is 9.83. The van der Waals surface area contributed by atoms with E-state index in [0.717, 1.165) is 10.5 Å². The van der Waals surface area contributed by atoms with Gasteiger partial charge in [0.05, 0.1) is 5.02 Å². The lowest BCUT2D eigenvalue weighted by molar-refractivity contribution is -0.142. The molecule has 3 nitrogen and oxygen atoms in total. The van der Waals surface area contributed by atoms with E-state index in [1.54, 1.807) is 18.2 Å². The van der Waals surface area contributed by atoms with E-state index in [9.17, 15) is 14.3 Å². The van der Waals surface area contributed by atoms with Crippen molar-refractivity contribution in [2.75, 3.05) is 5.32 Å². The molecule has 2 aromatic rings. The molecule has 1 unspecified atom stereocenters. The van der Waals surface area contributed by atoms with Crippen LogP contribution in [0.25, 0.3) is 0 Å². The monoisotopic (exact) mass is 371 g/mol. The average molecular weight is 373 g/mol. The molecule has 0 heterocycles. The maximum atomic E-state index is 13.3. The number of nitrogens with one attached hydrogen (secondary N) is 1. The van der Waals surface area contributed by atoms with E-state index >= 15 is 0 Å². The topological polar surface area (TPSA) is 49.3 Å². The summed E-state index contributed by atoms with van der Waals surface area (Å²) in [6.07, 6.45) is 0. The minimum atomic E-state index is -1.43. The van der Waals surface area contributed by atoms with E-state index in [1.165, 1.54) is 19.1 Å². The minimum Gasteiger partial charge on any atom is -0.479 e. The highest BCUT2D eigenvalue weighted by molar-refractivity contribution is 9.10. The highest BCUT2D eigenvalue weighted by Crippen LogP contribution is 2.30. The maximum Gasteiger partial charge on any atom is 0.333 e. The molecule has 0 amide bonds. The van der Waals surface area contributed by atoms with E-state index in [-0.39, 0.29) is 5.02 Å². The molecule has 0 bridgehead atoms. The Kier molecular flexibility index (Phi) is 4.54. The normalized spacial score (nSPS) is 13.5. The maximum absolute atomic E-state index is 13.3. The molecular weight excluding hydrogens is 361 g/mol. The Bertz CT molecular complexity index is 695. The molecule has 2 aromatic carbocycles. The molecule has 0 radical (unpaired) electrons. The standard InChI is InChI=1S/C15H12BrClFNO2/c1-15(14(20)21,9-5-6-13(18)12(17)7-9)19-11-4-2-3-10(16)8-11/h2-8,19H,1H3,(H,20,21). The third kappa shape index (κ3) is 3.36. The summed E-state index contributed by atoms with van der Waals surface area (Å²) in [7, 11) is 0. The molecule has 0 aliphatic rings. The molecular formula is C15H12BrClFNO2. The molecule has 0 aliphatic carbocycles. The van der Waals surface area contributed by atoms with E-state index < -0.39 is 17.3 Å². The molecule has 6 heteroatoms. The van der Waals surface area contributed by atoms with Gasteiger partial charge >= 0.3 is 5.97 Å². The van der Waals surface area contributed by atoms with Gasteiger partial charge in [-0.1, -0.05) is 39.7 Å². The number of hydrogen-bond donors (Lipinski definition) is 2. The first kappa shape index (κ1) is 15.8. The lowest BCUT2D eigenvalue weighted by Crippen LogP contribution is -2.40. The summed E-state index contributed by atoms with van der Waals surface area (Å²) in [5, 5.41) is 12.4. The number of anilines is 1. The van der Waals surface area contributed by atoms with Gasteiger partial charge in [-0.05, 0) is 42.8 Å². The van der Waals surface area contributed by atoms with E-state index in [0.29, 0.717) is 11.3 Å². The number of benzene rings is 2. The zero-order chi connectivity index (χ0) is 15.6. The second-order valence-corrected chi connectivity index (χ2v) is 6.02. The first-order valence-electron chi connectivity index (χ1n) is 6.05. The fraction of sp³-hybridized carbons (Fsp3) is 0.133. The highest BCUT2D eigenvalue weighted by atomic mass is 79.9. The molecule has 0 aromatic heterocycles. The predicted octanol–water partition coefficient (Wildman–Crippen LogP) is 4.65. The van der Waals surface area contributed by atoms with Gasteiger partial charge in [0.15, 0.2) is 5.54 Å². The van der Waals surface area contributed by atoms with Crippen LogP contribution >= 0.6 is 27.5 Å². The molecule has 21 heavy (non-hydrogen) atoms.